The zero-order valence-corrected chi connectivity index (χ0v) is 17.5. The number of H-pyrrole nitrogens is 1. The Morgan fingerprint density at radius 3 is 2.67 bits per heavy atom. The van der Waals surface area contributed by atoms with Gasteiger partial charge >= 0.3 is 0 Å². The first-order chi connectivity index (χ1) is 14.6. The SMILES string of the molecule is Cc1ncc(C#N)c(Nc2ccc3[nH]ccc3c2C)c1-c1ccc(OCCCl)cc1. The molecule has 0 saturated heterocycles. The van der Waals surface area contributed by atoms with Gasteiger partial charge in [0.25, 0.3) is 0 Å². The van der Waals surface area contributed by atoms with Gasteiger partial charge in [0, 0.05) is 40.2 Å². The summed E-state index contributed by atoms with van der Waals surface area (Å²) in [7, 11) is 0. The van der Waals surface area contributed by atoms with Crippen LogP contribution in [0.4, 0.5) is 11.4 Å². The molecule has 30 heavy (non-hydrogen) atoms. The first-order valence-corrected chi connectivity index (χ1v) is 10.2. The van der Waals surface area contributed by atoms with E-state index in [4.69, 9.17) is 16.3 Å². The van der Waals surface area contributed by atoms with Gasteiger partial charge in [-0.05, 0) is 55.3 Å². The van der Waals surface area contributed by atoms with E-state index in [9.17, 15) is 5.26 Å². The van der Waals surface area contributed by atoms with Crippen molar-refractivity contribution >= 4 is 33.9 Å². The van der Waals surface area contributed by atoms with Crippen molar-refractivity contribution in [1.29, 1.82) is 5.26 Å². The van der Waals surface area contributed by atoms with E-state index in [0.29, 0.717) is 18.1 Å². The molecular weight excluding hydrogens is 396 g/mol. The van der Waals surface area contributed by atoms with Crippen molar-refractivity contribution < 1.29 is 4.74 Å². The molecule has 0 aliphatic rings. The predicted molar refractivity (Wildman–Crippen MR) is 122 cm³/mol. The second kappa shape index (κ2) is 8.48. The van der Waals surface area contributed by atoms with Crippen molar-refractivity contribution in [2.45, 2.75) is 13.8 Å². The Morgan fingerprint density at radius 2 is 1.93 bits per heavy atom. The molecule has 2 heterocycles. The van der Waals surface area contributed by atoms with E-state index in [2.05, 4.69) is 34.3 Å². The highest BCUT2D eigenvalue weighted by Crippen LogP contribution is 2.37. The molecule has 0 aliphatic carbocycles. The second-order valence-corrected chi connectivity index (χ2v) is 7.36. The smallest absolute Gasteiger partial charge is 0.119 e. The molecule has 0 aliphatic heterocycles. The minimum absolute atomic E-state index is 0.438. The molecule has 0 fully saturated rings. The van der Waals surface area contributed by atoms with Crippen LogP contribution in [-0.2, 0) is 0 Å². The number of hydrogen-bond acceptors (Lipinski definition) is 4. The molecule has 0 atom stereocenters. The topological polar surface area (TPSA) is 73.7 Å². The number of hydrogen-bond donors (Lipinski definition) is 2. The Balaban J connectivity index is 1.80. The number of alkyl halides is 1. The molecule has 4 rings (SSSR count). The Bertz CT molecular complexity index is 1240. The highest BCUT2D eigenvalue weighted by molar-refractivity contribution is 6.18. The van der Waals surface area contributed by atoms with Gasteiger partial charge in [-0.25, -0.2) is 0 Å². The van der Waals surface area contributed by atoms with Gasteiger partial charge in [0.1, 0.15) is 18.4 Å². The summed E-state index contributed by atoms with van der Waals surface area (Å²) in [5.41, 5.74) is 7.08. The number of halogens is 1. The van der Waals surface area contributed by atoms with Crippen LogP contribution in [0.25, 0.3) is 22.0 Å². The lowest BCUT2D eigenvalue weighted by molar-refractivity contribution is 0.343. The average Bonchev–Trinajstić information content (AvgIpc) is 3.25. The minimum atomic E-state index is 0.438. The standard InChI is InChI=1S/C24H21ClN4O/c1-15-20-9-11-27-22(20)8-7-21(15)29-24-18(13-26)14-28-16(2)23(24)17-3-5-19(6-4-17)30-12-10-25/h3-9,11,14,27H,10,12H2,1-2H3,(H,28,29). The largest absolute Gasteiger partial charge is 0.492 e. The number of nitrogens with one attached hydrogen (secondary N) is 2. The minimum Gasteiger partial charge on any atom is -0.492 e. The van der Waals surface area contributed by atoms with Gasteiger partial charge in [-0.15, -0.1) is 11.6 Å². The molecule has 0 bridgehead atoms. The lowest BCUT2D eigenvalue weighted by Crippen LogP contribution is -2.02. The third kappa shape index (κ3) is 3.70. The number of pyridine rings is 1. The molecule has 150 valence electrons. The van der Waals surface area contributed by atoms with Crippen LogP contribution < -0.4 is 10.1 Å². The summed E-state index contributed by atoms with van der Waals surface area (Å²) in [6.07, 6.45) is 3.54. The molecule has 4 aromatic rings. The maximum atomic E-state index is 9.74. The van der Waals surface area contributed by atoms with E-state index >= 15 is 0 Å². The maximum Gasteiger partial charge on any atom is 0.119 e. The summed E-state index contributed by atoms with van der Waals surface area (Å²) in [5, 5.41) is 14.4. The number of nitriles is 1. The van der Waals surface area contributed by atoms with Crippen molar-refractivity contribution in [3.05, 3.63) is 71.7 Å². The fourth-order valence-corrected chi connectivity index (χ4v) is 3.68. The van der Waals surface area contributed by atoms with Crippen molar-refractivity contribution in [3.8, 4) is 22.9 Å². The van der Waals surface area contributed by atoms with Crippen LogP contribution in [0.5, 0.6) is 5.75 Å². The zero-order valence-electron chi connectivity index (χ0n) is 16.8. The highest BCUT2D eigenvalue weighted by atomic mass is 35.5. The summed E-state index contributed by atoms with van der Waals surface area (Å²) >= 11 is 5.70. The lowest BCUT2D eigenvalue weighted by Gasteiger charge is -2.18. The monoisotopic (exact) mass is 416 g/mol. The molecule has 2 aromatic heterocycles. The Hall–Kier alpha value is -3.49. The number of nitrogens with zero attached hydrogens (tertiary/aromatic N) is 2. The van der Waals surface area contributed by atoms with Crippen LogP contribution in [0.3, 0.4) is 0 Å². The summed E-state index contributed by atoms with van der Waals surface area (Å²) in [6, 6.07) is 16.1. The van der Waals surface area contributed by atoms with E-state index in [1.54, 1.807) is 6.20 Å². The van der Waals surface area contributed by atoms with Gasteiger partial charge in [-0.2, -0.15) is 5.26 Å². The van der Waals surface area contributed by atoms with E-state index in [1.165, 1.54) is 0 Å². The first-order valence-electron chi connectivity index (χ1n) is 9.65. The van der Waals surface area contributed by atoms with Gasteiger partial charge in [0.05, 0.1) is 17.1 Å². The number of aromatic amines is 1. The third-order valence-electron chi connectivity index (χ3n) is 5.14. The fraction of sp³-hybridized carbons (Fsp3) is 0.167. The van der Waals surface area contributed by atoms with Gasteiger partial charge in [0.2, 0.25) is 0 Å². The summed E-state index contributed by atoms with van der Waals surface area (Å²) in [6.45, 7) is 4.47. The van der Waals surface area contributed by atoms with Crippen LogP contribution >= 0.6 is 11.6 Å². The van der Waals surface area contributed by atoms with Crippen LogP contribution in [0.15, 0.2) is 54.9 Å². The van der Waals surface area contributed by atoms with Crippen LogP contribution in [0.2, 0.25) is 0 Å². The van der Waals surface area contributed by atoms with Gasteiger partial charge in [-0.1, -0.05) is 12.1 Å². The third-order valence-corrected chi connectivity index (χ3v) is 5.30. The number of rotatable bonds is 6. The second-order valence-electron chi connectivity index (χ2n) is 6.98. The zero-order chi connectivity index (χ0) is 21.1. The molecular formula is C24H21ClN4O. The van der Waals surface area contributed by atoms with Crippen LogP contribution in [-0.4, -0.2) is 22.5 Å². The number of fused-ring (bicyclic) bond motifs is 1. The molecule has 6 heteroatoms. The summed E-state index contributed by atoms with van der Waals surface area (Å²) < 4.78 is 5.58. The number of aromatic nitrogens is 2. The van der Waals surface area contributed by atoms with E-state index in [1.807, 2.05) is 49.5 Å². The number of aryl methyl sites for hydroxylation is 2. The number of ether oxygens (including phenoxy) is 1. The van der Waals surface area contributed by atoms with E-state index < -0.39 is 0 Å². The van der Waals surface area contributed by atoms with Crippen molar-refractivity contribution in [2.24, 2.45) is 0 Å². The van der Waals surface area contributed by atoms with Crippen LogP contribution in [0, 0.1) is 25.2 Å². The Kier molecular flexibility index (Phi) is 5.60. The summed E-state index contributed by atoms with van der Waals surface area (Å²) in [5.74, 6) is 1.19. The fourth-order valence-electron chi connectivity index (χ4n) is 3.60. The molecule has 2 N–H and O–H groups in total. The molecule has 0 amide bonds. The highest BCUT2D eigenvalue weighted by Gasteiger charge is 2.16. The van der Waals surface area contributed by atoms with Gasteiger partial charge < -0.3 is 15.0 Å². The number of anilines is 2. The Labute approximate surface area is 180 Å². The Morgan fingerprint density at radius 1 is 1.13 bits per heavy atom. The van der Waals surface area contributed by atoms with Crippen molar-refractivity contribution in [1.82, 2.24) is 9.97 Å². The lowest BCUT2D eigenvalue weighted by atomic mass is 9.99. The molecule has 0 saturated carbocycles. The molecule has 5 nitrogen and oxygen atoms in total. The van der Waals surface area contributed by atoms with Crippen molar-refractivity contribution in [2.75, 3.05) is 17.8 Å². The summed E-state index contributed by atoms with van der Waals surface area (Å²) in [4.78, 5) is 7.68. The normalized spacial score (nSPS) is 10.7. The van der Waals surface area contributed by atoms with Gasteiger partial charge in [0.15, 0.2) is 0 Å². The average molecular weight is 417 g/mol. The molecule has 0 spiro atoms. The molecule has 0 unspecified atom stereocenters. The quantitative estimate of drug-likeness (QED) is 0.373. The van der Waals surface area contributed by atoms with Gasteiger partial charge in [-0.3, -0.25) is 4.98 Å². The predicted octanol–water partition coefficient (Wildman–Crippen LogP) is 6.08. The first kappa shape index (κ1) is 19.8. The van der Waals surface area contributed by atoms with Crippen molar-refractivity contribution in [3.63, 3.8) is 0 Å². The van der Waals surface area contributed by atoms with E-state index in [0.717, 1.165) is 50.4 Å². The van der Waals surface area contributed by atoms with E-state index in [-0.39, 0.29) is 0 Å². The van der Waals surface area contributed by atoms with Crippen LogP contribution in [0.1, 0.15) is 16.8 Å². The maximum absolute atomic E-state index is 9.74. The molecule has 2 aromatic carbocycles. The number of benzene rings is 2. The molecule has 0 radical (unpaired) electrons.